The number of hydrogen-bond donors (Lipinski definition) is 3. The van der Waals surface area contributed by atoms with Crippen LogP contribution >= 0.6 is 0 Å². The molecule has 0 amide bonds. The summed E-state index contributed by atoms with van der Waals surface area (Å²) in [6.45, 7) is 2.11. The van der Waals surface area contributed by atoms with Crippen LogP contribution in [0.4, 0.5) is 5.69 Å². The van der Waals surface area contributed by atoms with E-state index in [1.807, 2.05) is 12.4 Å². The summed E-state index contributed by atoms with van der Waals surface area (Å²) in [7, 11) is 2.11. The first-order chi connectivity index (χ1) is 19.1. The van der Waals surface area contributed by atoms with Crippen LogP contribution in [0, 0.1) is 6.92 Å². The molecular formula is C33H24BN5. The second kappa shape index (κ2) is 8.20. The predicted octanol–water partition coefficient (Wildman–Crippen LogP) is 6.82. The average Bonchev–Trinajstić information content (AvgIpc) is 3.66. The van der Waals surface area contributed by atoms with Crippen LogP contribution in [-0.4, -0.2) is 34.0 Å². The smallest absolute Gasteiger partial charge is 0.140 e. The number of aliphatic imine (C=N–C) groups is 1. The number of H-pyrrole nitrogens is 3. The SMILES string of the molecule is Bc1ccc2[nH]cc(/C=N/c3ccc4c5ccccc5c5nc(-c6c(C)[nH]c7ccccc67)[nH]c5c4c3)c2c1. The van der Waals surface area contributed by atoms with Gasteiger partial charge >= 0.3 is 0 Å². The molecule has 3 heterocycles. The third kappa shape index (κ3) is 3.35. The Hall–Kier alpha value is -5.10. The Morgan fingerprint density at radius 1 is 0.744 bits per heavy atom. The highest BCUT2D eigenvalue weighted by Gasteiger charge is 2.18. The third-order valence-corrected chi connectivity index (χ3v) is 7.80. The van der Waals surface area contributed by atoms with E-state index in [2.05, 4.69) is 115 Å². The summed E-state index contributed by atoms with van der Waals surface area (Å²) in [5.74, 6) is 0.876. The first-order valence-corrected chi connectivity index (χ1v) is 13.2. The standard InChI is InChI=1S/C33H24BN5/c1-18-30(25-8-4-5-9-29(25)37-18)33-38-31-24-7-3-2-6-22(24)23-12-11-21(15-27(23)32(31)39-33)35-16-19-17-36-28-13-10-20(34)14-26(19)28/h2-17,36-37H,34H2,1H3,(H,38,39)/b35-16+. The van der Waals surface area contributed by atoms with Crippen molar-refractivity contribution in [1.29, 1.82) is 0 Å². The molecule has 0 saturated carbocycles. The summed E-state index contributed by atoms with van der Waals surface area (Å²) in [6.07, 6.45) is 3.97. The topological polar surface area (TPSA) is 72.6 Å². The van der Waals surface area contributed by atoms with Crippen LogP contribution in [0.3, 0.4) is 0 Å². The summed E-state index contributed by atoms with van der Waals surface area (Å²) in [5, 5.41) is 6.99. The van der Waals surface area contributed by atoms with E-state index in [-0.39, 0.29) is 0 Å². The zero-order valence-electron chi connectivity index (χ0n) is 21.6. The summed E-state index contributed by atoms with van der Waals surface area (Å²) < 4.78 is 0. The lowest BCUT2D eigenvalue weighted by atomic mass is 9.94. The molecule has 8 rings (SSSR count). The van der Waals surface area contributed by atoms with Crippen LogP contribution in [0.5, 0.6) is 0 Å². The molecule has 8 aromatic rings. The fourth-order valence-corrected chi connectivity index (χ4v) is 5.95. The van der Waals surface area contributed by atoms with Crippen molar-refractivity contribution in [3.63, 3.8) is 0 Å². The first kappa shape index (κ1) is 21.9. The van der Waals surface area contributed by atoms with E-state index >= 15 is 0 Å². The number of fused-ring (bicyclic) bond motifs is 8. The maximum atomic E-state index is 5.19. The average molecular weight is 501 g/mol. The Morgan fingerprint density at radius 3 is 2.44 bits per heavy atom. The monoisotopic (exact) mass is 501 g/mol. The highest BCUT2D eigenvalue weighted by molar-refractivity contribution is 6.33. The van der Waals surface area contributed by atoms with Gasteiger partial charge in [0.1, 0.15) is 13.7 Å². The molecular weight excluding hydrogens is 477 g/mol. The van der Waals surface area contributed by atoms with Gasteiger partial charge in [0, 0.05) is 61.8 Å². The third-order valence-electron chi connectivity index (χ3n) is 7.80. The predicted molar refractivity (Wildman–Crippen MR) is 167 cm³/mol. The fraction of sp³-hybridized carbons (Fsp3) is 0.0303. The molecule has 0 saturated heterocycles. The molecule has 0 aliphatic rings. The second-order valence-electron chi connectivity index (χ2n) is 10.3. The van der Waals surface area contributed by atoms with Crippen molar-refractivity contribution in [2.24, 2.45) is 4.99 Å². The van der Waals surface area contributed by atoms with E-state index < -0.39 is 0 Å². The largest absolute Gasteiger partial charge is 0.361 e. The van der Waals surface area contributed by atoms with Gasteiger partial charge in [-0.1, -0.05) is 66.1 Å². The lowest BCUT2D eigenvalue weighted by molar-refractivity contribution is 1.26. The number of nitrogens with one attached hydrogen (secondary N) is 3. The van der Waals surface area contributed by atoms with Gasteiger partial charge in [-0.2, -0.15) is 0 Å². The summed E-state index contributed by atoms with van der Waals surface area (Å²) in [5.41, 5.74) is 9.67. The number of para-hydroxylation sites is 1. The van der Waals surface area contributed by atoms with Crippen molar-refractivity contribution >= 4 is 79.6 Å². The van der Waals surface area contributed by atoms with Crippen molar-refractivity contribution in [3.05, 3.63) is 102 Å². The number of rotatable bonds is 3. The number of benzene rings is 5. The molecule has 6 heteroatoms. The van der Waals surface area contributed by atoms with E-state index in [9.17, 15) is 0 Å². The molecule has 3 aromatic heterocycles. The molecule has 0 bridgehead atoms. The van der Waals surface area contributed by atoms with Gasteiger partial charge in [-0.25, -0.2) is 4.98 Å². The number of nitrogens with zero attached hydrogens (tertiary/aromatic N) is 2. The van der Waals surface area contributed by atoms with Gasteiger partial charge < -0.3 is 15.0 Å². The van der Waals surface area contributed by atoms with E-state index in [1.54, 1.807) is 0 Å². The molecule has 0 atom stereocenters. The Kier molecular flexibility index (Phi) is 4.61. The van der Waals surface area contributed by atoms with E-state index in [1.165, 1.54) is 27.0 Å². The number of imidazole rings is 1. The number of aryl methyl sites for hydroxylation is 1. The van der Waals surface area contributed by atoms with Crippen molar-refractivity contribution < 1.29 is 0 Å². The van der Waals surface area contributed by atoms with E-state index in [4.69, 9.17) is 9.98 Å². The molecule has 39 heavy (non-hydrogen) atoms. The van der Waals surface area contributed by atoms with Crippen LogP contribution in [0.1, 0.15) is 11.3 Å². The van der Waals surface area contributed by atoms with Crippen molar-refractivity contribution in [2.75, 3.05) is 0 Å². The fourth-order valence-electron chi connectivity index (χ4n) is 5.95. The van der Waals surface area contributed by atoms with Crippen LogP contribution in [0.15, 0.2) is 96.1 Å². The van der Waals surface area contributed by atoms with E-state index in [0.29, 0.717) is 0 Å². The molecule has 0 fully saturated rings. The van der Waals surface area contributed by atoms with Crippen molar-refractivity contribution in [2.45, 2.75) is 6.92 Å². The normalized spacial score (nSPS) is 12.2. The first-order valence-electron chi connectivity index (χ1n) is 13.2. The minimum Gasteiger partial charge on any atom is -0.361 e. The molecule has 0 aliphatic carbocycles. The Bertz CT molecular complexity index is 2260. The molecule has 0 radical (unpaired) electrons. The van der Waals surface area contributed by atoms with Gasteiger partial charge in [-0.15, -0.1) is 0 Å². The highest BCUT2D eigenvalue weighted by atomic mass is 14.9. The van der Waals surface area contributed by atoms with Crippen LogP contribution < -0.4 is 5.46 Å². The molecule has 0 aliphatic heterocycles. The van der Waals surface area contributed by atoms with Gasteiger partial charge in [-0.3, -0.25) is 4.99 Å². The number of hydrogen-bond acceptors (Lipinski definition) is 2. The zero-order chi connectivity index (χ0) is 26.1. The van der Waals surface area contributed by atoms with Crippen LogP contribution in [0.2, 0.25) is 0 Å². The number of aromatic nitrogens is 4. The molecule has 5 aromatic carbocycles. The Labute approximate surface area is 225 Å². The zero-order valence-corrected chi connectivity index (χ0v) is 21.6. The van der Waals surface area contributed by atoms with E-state index in [0.717, 1.165) is 61.2 Å². The lowest BCUT2D eigenvalue weighted by Gasteiger charge is -2.07. The van der Waals surface area contributed by atoms with Gasteiger partial charge in [0.2, 0.25) is 0 Å². The quantitative estimate of drug-likeness (QED) is 0.139. The Morgan fingerprint density at radius 2 is 1.54 bits per heavy atom. The Balaban J connectivity index is 1.34. The van der Waals surface area contributed by atoms with Gasteiger partial charge in [0.15, 0.2) is 0 Å². The van der Waals surface area contributed by atoms with Gasteiger partial charge in [0.05, 0.1) is 16.7 Å². The van der Waals surface area contributed by atoms with Crippen molar-refractivity contribution in [3.8, 4) is 11.4 Å². The summed E-state index contributed by atoms with van der Waals surface area (Å²) in [6, 6.07) is 29.8. The molecule has 0 unspecified atom stereocenters. The molecule has 0 spiro atoms. The highest BCUT2D eigenvalue weighted by Crippen LogP contribution is 2.38. The molecule has 3 N–H and O–H groups in total. The minimum absolute atomic E-state index is 0.876. The molecule has 5 nitrogen and oxygen atoms in total. The van der Waals surface area contributed by atoms with Crippen LogP contribution in [-0.2, 0) is 0 Å². The second-order valence-corrected chi connectivity index (χ2v) is 10.3. The maximum Gasteiger partial charge on any atom is 0.140 e. The minimum atomic E-state index is 0.876. The van der Waals surface area contributed by atoms with Crippen molar-refractivity contribution in [1.82, 2.24) is 19.9 Å². The summed E-state index contributed by atoms with van der Waals surface area (Å²) in [4.78, 5) is 20.7. The van der Waals surface area contributed by atoms with Gasteiger partial charge in [-0.05, 0) is 42.0 Å². The molecule has 184 valence electrons. The van der Waals surface area contributed by atoms with Gasteiger partial charge in [0.25, 0.3) is 0 Å². The number of aromatic amines is 3. The van der Waals surface area contributed by atoms with Crippen LogP contribution in [0.25, 0.3) is 65.8 Å². The lowest BCUT2D eigenvalue weighted by Crippen LogP contribution is -1.99. The maximum absolute atomic E-state index is 5.19. The summed E-state index contributed by atoms with van der Waals surface area (Å²) >= 11 is 0.